The number of aromatic nitrogens is 3. The Morgan fingerprint density at radius 2 is 1.76 bits per heavy atom. The molecule has 2 heterocycles. The highest BCUT2D eigenvalue weighted by Gasteiger charge is 2.10. The molecule has 0 spiro atoms. The molecule has 7 heteroatoms. The Hall–Kier alpha value is -2.22. The summed E-state index contributed by atoms with van der Waals surface area (Å²) in [6, 6.07) is 19.8. The maximum Gasteiger partial charge on any atom is 0.226 e. The highest BCUT2D eigenvalue weighted by molar-refractivity contribution is 8.00. The standard InChI is InChI=1S/C18H13N3OS3/c23-18-21(15-9-5-2-6-10-15)20-17(25-18)24-12-14-11-22-16(19-14)13-7-3-1-4-8-13/h1-11H,12H2. The third-order valence-electron chi connectivity index (χ3n) is 3.45. The minimum Gasteiger partial charge on any atom is -0.444 e. The smallest absolute Gasteiger partial charge is 0.226 e. The van der Waals surface area contributed by atoms with Gasteiger partial charge in [-0.2, -0.15) is 0 Å². The van der Waals surface area contributed by atoms with Crippen molar-refractivity contribution in [3.05, 3.63) is 76.6 Å². The van der Waals surface area contributed by atoms with E-state index >= 15 is 0 Å². The van der Waals surface area contributed by atoms with Gasteiger partial charge in [-0.1, -0.05) is 59.5 Å². The van der Waals surface area contributed by atoms with Crippen molar-refractivity contribution in [1.29, 1.82) is 0 Å². The number of oxazole rings is 1. The largest absolute Gasteiger partial charge is 0.444 e. The highest BCUT2D eigenvalue weighted by atomic mass is 32.2. The molecule has 0 radical (unpaired) electrons. The number of thioether (sulfide) groups is 1. The van der Waals surface area contributed by atoms with Gasteiger partial charge in [0.25, 0.3) is 0 Å². The second-order valence-corrected chi connectivity index (χ2v) is 8.03. The van der Waals surface area contributed by atoms with Gasteiger partial charge in [-0.25, -0.2) is 9.67 Å². The van der Waals surface area contributed by atoms with Crippen molar-refractivity contribution in [2.75, 3.05) is 0 Å². The van der Waals surface area contributed by atoms with Crippen molar-refractivity contribution in [3.63, 3.8) is 0 Å². The third-order valence-corrected chi connectivity index (χ3v) is 5.85. The van der Waals surface area contributed by atoms with E-state index in [0.29, 0.717) is 11.6 Å². The second kappa shape index (κ2) is 7.35. The first-order valence-corrected chi connectivity index (χ1v) is 9.79. The van der Waals surface area contributed by atoms with E-state index in [1.54, 1.807) is 22.7 Å². The van der Waals surface area contributed by atoms with E-state index in [4.69, 9.17) is 16.6 Å². The van der Waals surface area contributed by atoms with E-state index in [2.05, 4.69) is 10.1 Å². The van der Waals surface area contributed by atoms with Crippen molar-refractivity contribution in [2.24, 2.45) is 0 Å². The molecule has 2 aromatic heterocycles. The number of para-hydroxylation sites is 1. The predicted octanol–water partition coefficient (Wildman–Crippen LogP) is 5.61. The van der Waals surface area contributed by atoms with Crippen molar-refractivity contribution < 1.29 is 4.42 Å². The summed E-state index contributed by atoms with van der Waals surface area (Å²) >= 11 is 8.54. The molecule has 0 aliphatic rings. The zero-order chi connectivity index (χ0) is 17.1. The Morgan fingerprint density at radius 3 is 2.52 bits per heavy atom. The molecule has 0 aliphatic heterocycles. The van der Waals surface area contributed by atoms with Crippen LogP contribution in [0.15, 0.2) is 75.7 Å². The van der Waals surface area contributed by atoms with Gasteiger partial charge in [-0.15, -0.1) is 5.10 Å². The lowest BCUT2D eigenvalue weighted by Gasteiger charge is -1.98. The number of benzene rings is 2. The summed E-state index contributed by atoms with van der Waals surface area (Å²) in [5.41, 5.74) is 2.84. The maximum absolute atomic E-state index is 5.57. The molecule has 0 amide bonds. The van der Waals surface area contributed by atoms with Gasteiger partial charge in [0.15, 0.2) is 8.29 Å². The van der Waals surface area contributed by atoms with Gasteiger partial charge in [0, 0.05) is 11.3 Å². The van der Waals surface area contributed by atoms with Crippen molar-refractivity contribution in [2.45, 2.75) is 10.1 Å². The molecule has 4 aromatic rings. The van der Waals surface area contributed by atoms with Gasteiger partial charge in [0.2, 0.25) is 5.89 Å². The Balaban J connectivity index is 1.48. The molecule has 0 unspecified atom stereocenters. The molecular weight excluding hydrogens is 370 g/mol. The molecule has 0 saturated carbocycles. The van der Waals surface area contributed by atoms with Crippen molar-refractivity contribution in [3.8, 4) is 17.1 Å². The quantitative estimate of drug-likeness (QED) is 0.331. The minimum absolute atomic E-state index is 0.638. The Morgan fingerprint density at radius 1 is 1.04 bits per heavy atom. The van der Waals surface area contributed by atoms with Crippen LogP contribution in [-0.4, -0.2) is 14.8 Å². The molecule has 4 nitrogen and oxygen atoms in total. The van der Waals surface area contributed by atoms with Crippen molar-refractivity contribution in [1.82, 2.24) is 14.8 Å². The number of hydrogen-bond acceptors (Lipinski definition) is 6. The van der Waals surface area contributed by atoms with Crippen molar-refractivity contribution >= 4 is 35.3 Å². The van der Waals surface area contributed by atoms with Crippen LogP contribution >= 0.6 is 35.3 Å². The lowest BCUT2D eigenvalue weighted by atomic mass is 10.2. The van der Waals surface area contributed by atoms with Gasteiger partial charge in [-0.3, -0.25) is 0 Å². The first-order valence-electron chi connectivity index (χ1n) is 7.58. The molecule has 0 atom stereocenters. The summed E-state index contributed by atoms with van der Waals surface area (Å²) in [4.78, 5) is 4.54. The topological polar surface area (TPSA) is 43.9 Å². The van der Waals surface area contributed by atoms with Gasteiger partial charge in [0.1, 0.15) is 6.26 Å². The average molecular weight is 384 g/mol. The predicted molar refractivity (Wildman–Crippen MR) is 104 cm³/mol. The molecule has 4 rings (SSSR count). The van der Waals surface area contributed by atoms with Crippen LogP contribution in [0, 0.1) is 3.95 Å². The van der Waals surface area contributed by atoms with Crippen LogP contribution in [0.5, 0.6) is 0 Å². The van der Waals surface area contributed by atoms with E-state index in [-0.39, 0.29) is 0 Å². The lowest BCUT2D eigenvalue weighted by molar-refractivity contribution is 0.573. The van der Waals surface area contributed by atoms with Crippen LogP contribution in [0.3, 0.4) is 0 Å². The number of hydrogen-bond donors (Lipinski definition) is 0. The average Bonchev–Trinajstić information content (AvgIpc) is 3.28. The first-order chi connectivity index (χ1) is 12.3. The van der Waals surface area contributed by atoms with Crippen LogP contribution in [0.25, 0.3) is 17.1 Å². The van der Waals surface area contributed by atoms with E-state index in [1.165, 1.54) is 11.3 Å². The molecule has 0 saturated heterocycles. The fourth-order valence-electron chi connectivity index (χ4n) is 2.27. The van der Waals surface area contributed by atoms with E-state index < -0.39 is 0 Å². The summed E-state index contributed by atoms with van der Waals surface area (Å²) < 4.78 is 9.01. The van der Waals surface area contributed by atoms with E-state index in [9.17, 15) is 0 Å². The van der Waals surface area contributed by atoms with Crippen LogP contribution in [-0.2, 0) is 5.75 Å². The minimum atomic E-state index is 0.638. The molecule has 0 N–H and O–H groups in total. The molecule has 2 aromatic carbocycles. The van der Waals surface area contributed by atoms with E-state index in [0.717, 1.165) is 25.2 Å². The van der Waals surface area contributed by atoms with Gasteiger partial charge in [-0.05, 0) is 36.5 Å². The van der Waals surface area contributed by atoms with Crippen LogP contribution in [0.4, 0.5) is 0 Å². The van der Waals surface area contributed by atoms with Crippen LogP contribution < -0.4 is 0 Å². The zero-order valence-electron chi connectivity index (χ0n) is 13.0. The Bertz CT molecular complexity index is 1020. The fraction of sp³-hybridized carbons (Fsp3) is 0.0556. The SMILES string of the molecule is S=c1sc(SCc2coc(-c3ccccc3)n2)nn1-c1ccccc1. The summed E-state index contributed by atoms with van der Waals surface area (Å²) in [5.74, 6) is 1.33. The highest BCUT2D eigenvalue weighted by Crippen LogP contribution is 2.28. The van der Waals surface area contributed by atoms with Gasteiger partial charge in [0.05, 0.1) is 11.4 Å². The zero-order valence-corrected chi connectivity index (χ0v) is 15.5. The molecule has 124 valence electrons. The van der Waals surface area contributed by atoms with Crippen LogP contribution in [0.1, 0.15) is 5.69 Å². The molecule has 0 bridgehead atoms. The normalized spacial score (nSPS) is 10.9. The summed E-state index contributed by atoms with van der Waals surface area (Å²) in [5, 5.41) is 4.60. The summed E-state index contributed by atoms with van der Waals surface area (Å²) in [6.45, 7) is 0. The van der Waals surface area contributed by atoms with Gasteiger partial charge < -0.3 is 4.42 Å². The number of rotatable bonds is 5. The summed E-state index contributed by atoms with van der Waals surface area (Å²) in [6.07, 6.45) is 1.70. The Labute approximate surface area is 158 Å². The van der Waals surface area contributed by atoms with E-state index in [1.807, 2.05) is 60.7 Å². The third kappa shape index (κ3) is 3.73. The monoisotopic (exact) mass is 383 g/mol. The Kier molecular flexibility index (Phi) is 4.78. The second-order valence-electron chi connectivity index (χ2n) is 5.18. The first kappa shape index (κ1) is 16.3. The number of nitrogens with zero attached hydrogens (tertiary/aromatic N) is 3. The maximum atomic E-state index is 5.57. The molecule has 0 fully saturated rings. The lowest BCUT2D eigenvalue weighted by Crippen LogP contribution is -1.95. The van der Waals surface area contributed by atoms with Gasteiger partial charge >= 0.3 is 0 Å². The van der Waals surface area contributed by atoms with Crippen LogP contribution in [0.2, 0.25) is 0 Å². The fourth-order valence-corrected chi connectivity index (χ4v) is 4.51. The molecule has 0 aliphatic carbocycles. The molecule has 25 heavy (non-hydrogen) atoms. The summed E-state index contributed by atoms with van der Waals surface area (Å²) in [7, 11) is 0. The molecular formula is C18H13N3OS3.